The Morgan fingerprint density at radius 2 is 2.15 bits per heavy atom. The number of nitrogens with one attached hydrogen (secondary N) is 1. The monoisotopic (exact) mass is 265 g/mol. The van der Waals surface area contributed by atoms with Gasteiger partial charge in [-0.3, -0.25) is 0 Å². The van der Waals surface area contributed by atoms with Crippen molar-refractivity contribution >= 4 is 31.6 Å². The fraction of sp³-hybridized carbons (Fsp3) is 0.333. The molecule has 5 nitrogen and oxygen atoms in total. The Kier molecular flexibility index (Phi) is 3.21. The van der Waals surface area contributed by atoms with Gasteiger partial charge in [-0.25, -0.2) is 8.42 Å². The maximum Gasteiger partial charge on any atom is 0.165 e. The van der Waals surface area contributed by atoms with E-state index in [2.05, 4.69) is 31.4 Å². The van der Waals surface area contributed by atoms with E-state index in [0.29, 0.717) is 10.4 Å². The first-order chi connectivity index (χ1) is 5.97. The molecule has 1 N–H and O–H groups in total. The number of hydrogen-bond donors (Lipinski definition) is 1. The predicted octanol–water partition coefficient (Wildman–Crippen LogP) is 0.653. The summed E-state index contributed by atoms with van der Waals surface area (Å²) in [6.45, 7) is 0. The van der Waals surface area contributed by atoms with E-state index in [4.69, 9.17) is 0 Å². The van der Waals surface area contributed by atoms with Gasteiger partial charge in [0.1, 0.15) is 16.3 Å². The van der Waals surface area contributed by atoms with Gasteiger partial charge in [-0.15, -0.1) is 10.2 Å². The first-order valence-electron chi connectivity index (χ1n) is 3.38. The molecule has 0 unspecified atom stereocenters. The highest BCUT2D eigenvalue weighted by Crippen LogP contribution is 2.06. The Bertz CT molecular complexity index is 375. The smallest absolute Gasteiger partial charge is 0.165 e. The number of sulfone groups is 1. The number of hydrogen-bond acceptors (Lipinski definition) is 5. The van der Waals surface area contributed by atoms with Crippen LogP contribution in [-0.2, 0) is 9.84 Å². The van der Waals surface area contributed by atoms with Crippen LogP contribution in [0, 0.1) is 0 Å². The van der Waals surface area contributed by atoms with Gasteiger partial charge in [-0.2, -0.15) is 0 Å². The van der Waals surface area contributed by atoms with Crippen LogP contribution in [0.25, 0.3) is 0 Å². The van der Waals surface area contributed by atoms with Crippen LogP contribution in [0.2, 0.25) is 0 Å². The lowest BCUT2D eigenvalue weighted by atomic mass is 10.5. The molecular formula is C6H8BrN3O2S. The second kappa shape index (κ2) is 4.01. The normalized spacial score (nSPS) is 11.2. The van der Waals surface area contributed by atoms with Gasteiger partial charge in [0, 0.05) is 6.26 Å². The largest absolute Gasteiger partial charge is 0.355 e. The quantitative estimate of drug-likeness (QED) is 0.869. The van der Waals surface area contributed by atoms with Crippen molar-refractivity contribution in [3.8, 4) is 0 Å². The van der Waals surface area contributed by atoms with E-state index < -0.39 is 9.84 Å². The first-order valence-corrected chi connectivity index (χ1v) is 6.23. The molecule has 0 bridgehead atoms. The average Bonchev–Trinajstić information content (AvgIpc) is 2.02. The lowest BCUT2D eigenvalue weighted by molar-refractivity contribution is 0.603. The lowest BCUT2D eigenvalue weighted by Crippen LogP contribution is -2.13. The predicted molar refractivity (Wildman–Crippen MR) is 53.1 cm³/mol. The standard InChI is InChI=1S/C6H8BrN3O2S/c1-13(11,12)4-8-6-3-2-5(7)9-10-6/h2-3H,4H2,1H3,(H,8,10). The van der Waals surface area contributed by atoms with Gasteiger partial charge in [0.25, 0.3) is 0 Å². The Balaban J connectivity index is 2.61. The molecule has 1 heterocycles. The minimum atomic E-state index is -3.02. The molecule has 0 saturated carbocycles. The molecule has 0 aliphatic rings. The summed E-state index contributed by atoms with van der Waals surface area (Å²) in [6.07, 6.45) is 1.15. The van der Waals surface area contributed by atoms with E-state index in [0.717, 1.165) is 6.26 Å². The van der Waals surface area contributed by atoms with E-state index in [1.54, 1.807) is 12.1 Å². The highest BCUT2D eigenvalue weighted by molar-refractivity contribution is 9.10. The number of aromatic nitrogens is 2. The lowest BCUT2D eigenvalue weighted by Gasteiger charge is -2.01. The van der Waals surface area contributed by atoms with Crippen molar-refractivity contribution in [2.75, 3.05) is 17.4 Å². The van der Waals surface area contributed by atoms with Gasteiger partial charge >= 0.3 is 0 Å². The molecule has 0 saturated heterocycles. The molecule has 0 atom stereocenters. The van der Waals surface area contributed by atoms with Crippen LogP contribution in [-0.4, -0.2) is 30.7 Å². The van der Waals surface area contributed by atoms with Crippen molar-refractivity contribution in [1.82, 2.24) is 10.2 Å². The van der Waals surface area contributed by atoms with Gasteiger partial charge in [-0.05, 0) is 28.1 Å². The molecule has 0 amide bonds. The van der Waals surface area contributed by atoms with Crippen LogP contribution < -0.4 is 5.32 Å². The summed E-state index contributed by atoms with van der Waals surface area (Å²) in [5.41, 5.74) is 0. The van der Waals surface area contributed by atoms with Crippen molar-refractivity contribution in [2.45, 2.75) is 0 Å². The maximum absolute atomic E-state index is 10.8. The second-order valence-electron chi connectivity index (χ2n) is 2.49. The Morgan fingerprint density at radius 3 is 2.62 bits per heavy atom. The van der Waals surface area contributed by atoms with E-state index in [-0.39, 0.29) is 5.88 Å². The number of halogens is 1. The Labute approximate surface area is 84.6 Å². The second-order valence-corrected chi connectivity index (χ2v) is 5.44. The maximum atomic E-state index is 10.8. The SMILES string of the molecule is CS(=O)(=O)CNc1ccc(Br)nn1. The minimum absolute atomic E-state index is 0.136. The molecular weight excluding hydrogens is 258 g/mol. The third kappa shape index (κ3) is 4.18. The fourth-order valence-electron chi connectivity index (χ4n) is 0.615. The van der Waals surface area contributed by atoms with Crippen LogP contribution in [0.4, 0.5) is 5.82 Å². The van der Waals surface area contributed by atoms with E-state index in [9.17, 15) is 8.42 Å². The molecule has 0 radical (unpaired) electrons. The summed E-state index contributed by atoms with van der Waals surface area (Å²) in [7, 11) is -3.02. The summed E-state index contributed by atoms with van der Waals surface area (Å²) >= 11 is 3.12. The third-order valence-electron chi connectivity index (χ3n) is 1.15. The number of nitrogens with zero attached hydrogens (tertiary/aromatic N) is 2. The van der Waals surface area contributed by atoms with Crippen molar-refractivity contribution in [1.29, 1.82) is 0 Å². The molecule has 1 aromatic rings. The molecule has 72 valence electrons. The summed E-state index contributed by atoms with van der Waals surface area (Å²) in [4.78, 5) is 0. The highest BCUT2D eigenvalue weighted by atomic mass is 79.9. The van der Waals surface area contributed by atoms with Crippen LogP contribution in [0.3, 0.4) is 0 Å². The zero-order valence-corrected chi connectivity index (χ0v) is 9.26. The summed E-state index contributed by atoms with van der Waals surface area (Å²) < 4.78 is 22.1. The number of rotatable bonds is 3. The Hall–Kier alpha value is -0.690. The molecule has 0 fully saturated rings. The molecule has 0 aliphatic heterocycles. The van der Waals surface area contributed by atoms with Gasteiger partial charge in [-0.1, -0.05) is 0 Å². The van der Waals surface area contributed by atoms with E-state index >= 15 is 0 Å². The Morgan fingerprint density at radius 1 is 1.46 bits per heavy atom. The fourth-order valence-corrected chi connectivity index (χ4v) is 1.24. The summed E-state index contributed by atoms with van der Waals surface area (Å²) in [6, 6.07) is 3.32. The molecule has 7 heteroatoms. The van der Waals surface area contributed by atoms with E-state index in [1.807, 2.05) is 0 Å². The third-order valence-corrected chi connectivity index (χ3v) is 2.24. The molecule has 1 aromatic heterocycles. The average molecular weight is 266 g/mol. The summed E-state index contributed by atoms with van der Waals surface area (Å²) in [5.74, 6) is 0.303. The minimum Gasteiger partial charge on any atom is -0.355 e. The zero-order valence-electron chi connectivity index (χ0n) is 6.86. The van der Waals surface area contributed by atoms with Gasteiger partial charge in [0.2, 0.25) is 0 Å². The van der Waals surface area contributed by atoms with Gasteiger partial charge < -0.3 is 5.32 Å². The molecule has 13 heavy (non-hydrogen) atoms. The van der Waals surface area contributed by atoms with Gasteiger partial charge in [0.15, 0.2) is 9.84 Å². The molecule has 0 aliphatic carbocycles. The van der Waals surface area contributed by atoms with Gasteiger partial charge in [0.05, 0.1) is 0 Å². The van der Waals surface area contributed by atoms with Crippen molar-refractivity contribution in [2.24, 2.45) is 0 Å². The topological polar surface area (TPSA) is 72.0 Å². The summed E-state index contributed by atoms with van der Waals surface area (Å²) in [5, 5.41) is 10.0. The van der Waals surface area contributed by atoms with Crippen LogP contribution in [0.5, 0.6) is 0 Å². The first kappa shape index (κ1) is 10.4. The highest BCUT2D eigenvalue weighted by Gasteiger charge is 2.01. The zero-order chi connectivity index (χ0) is 9.90. The molecule has 1 rings (SSSR count). The molecule has 0 spiro atoms. The van der Waals surface area contributed by atoms with Crippen molar-refractivity contribution < 1.29 is 8.42 Å². The molecule has 0 aromatic carbocycles. The van der Waals surface area contributed by atoms with Crippen molar-refractivity contribution in [3.63, 3.8) is 0 Å². The van der Waals surface area contributed by atoms with Crippen molar-refractivity contribution in [3.05, 3.63) is 16.7 Å². The van der Waals surface area contributed by atoms with Crippen LogP contribution in [0.1, 0.15) is 0 Å². The van der Waals surface area contributed by atoms with Crippen LogP contribution in [0.15, 0.2) is 16.7 Å². The number of anilines is 1. The van der Waals surface area contributed by atoms with E-state index in [1.165, 1.54) is 0 Å². The van der Waals surface area contributed by atoms with Crippen LogP contribution >= 0.6 is 15.9 Å².